The maximum Gasteiger partial charge on any atom is 0.0953 e. The van der Waals surface area contributed by atoms with E-state index >= 15 is 0 Å². The smallest absolute Gasteiger partial charge is 0.0953 e. The van der Waals surface area contributed by atoms with Gasteiger partial charge in [0.25, 0.3) is 0 Å². The van der Waals surface area contributed by atoms with Crippen molar-refractivity contribution in [2.75, 3.05) is 5.32 Å². The van der Waals surface area contributed by atoms with Gasteiger partial charge < -0.3 is 5.32 Å². The molecule has 1 atom stereocenters. The van der Waals surface area contributed by atoms with E-state index in [1.54, 1.807) is 0 Å². The fourth-order valence-corrected chi connectivity index (χ4v) is 5.06. The molecule has 1 N–H and O–H groups in total. The third-order valence-corrected chi connectivity index (χ3v) is 6.76. The van der Waals surface area contributed by atoms with E-state index in [9.17, 15) is 0 Å². The Morgan fingerprint density at radius 1 is 0.750 bits per heavy atom. The van der Waals surface area contributed by atoms with E-state index in [1.807, 2.05) is 0 Å². The third kappa shape index (κ3) is 3.31. The summed E-state index contributed by atoms with van der Waals surface area (Å²) in [5.41, 5.74) is 11.2. The number of aliphatic imine (C=N–C) groups is 1. The van der Waals surface area contributed by atoms with Gasteiger partial charge in [-0.2, -0.15) is 0 Å². The fourth-order valence-electron chi connectivity index (χ4n) is 5.06. The molecule has 1 unspecified atom stereocenters. The Balaban J connectivity index is 1.74. The molecule has 0 amide bonds. The van der Waals surface area contributed by atoms with Gasteiger partial charge in [-0.15, -0.1) is 0 Å². The van der Waals surface area contributed by atoms with Gasteiger partial charge in [0.05, 0.1) is 17.4 Å². The van der Waals surface area contributed by atoms with Crippen molar-refractivity contribution in [1.82, 2.24) is 0 Å². The monoisotopic (exact) mass is 418 g/mol. The van der Waals surface area contributed by atoms with E-state index < -0.39 is 0 Å². The van der Waals surface area contributed by atoms with Crippen molar-refractivity contribution in [2.45, 2.75) is 46.6 Å². The van der Waals surface area contributed by atoms with Crippen LogP contribution in [0.2, 0.25) is 0 Å². The minimum absolute atomic E-state index is 0.0202. The van der Waals surface area contributed by atoms with Gasteiger partial charge in [-0.05, 0) is 65.3 Å². The Bertz CT molecular complexity index is 1340. The second-order valence-electron chi connectivity index (χ2n) is 8.72. The minimum atomic E-state index is 0.0202. The zero-order valence-electron chi connectivity index (χ0n) is 19.4. The SMILES string of the molecule is CCc1cccc(C)c1/N=C1\c2cccc3cccc(c23)C1Nc1c(C)cccc1CC. The summed E-state index contributed by atoms with van der Waals surface area (Å²) in [4.78, 5) is 5.39. The molecule has 1 aliphatic rings. The molecule has 0 bridgehead atoms. The van der Waals surface area contributed by atoms with Gasteiger partial charge in [0, 0.05) is 11.3 Å². The molecule has 4 aromatic rings. The lowest BCUT2D eigenvalue weighted by molar-refractivity contribution is 1.03. The number of para-hydroxylation sites is 2. The second-order valence-corrected chi connectivity index (χ2v) is 8.72. The van der Waals surface area contributed by atoms with Crippen LogP contribution in [-0.4, -0.2) is 5.71 Å². The van der Waals surface area contributed by atoms with E-state index in [0.717, 1.165) is 24.2 Å². The van der Waals surface area contributed by atoms with Gasteiger partial charge in [-0.3, -0.25) is 0 Å². The van der Waals surface area contributed by atoms with E-state index in [4.69, 9.17) is 4.99 Å². The number of hydrogen-bond acceptors (Lipinski definition) is 2. The maximum absolute atomic E-state index is 5.39. The molecule has 4 aromatic carbocycles. The molecule has 160 valence electrons. The number of nitrogens with zero attached hydrogens (tertiary/aromatic N) is 1. The Morgan fingerprint density at radius 2 is 1.41 bits per heavy atom. The summed E-state index contributed by atoms with van der Waals surface area (Å²) in [6.45, 7) is 8.79. The first-order valence-corrected chi connectivity index (χ1v) is 11.7. The fraction of sp³-hybridized carbons (Fsp3) is 0.233. The van der Waals surface area contributed by atoms with Crippen LogP contribution in [0.3, 0.4) is 0 Å². The molecule has 0 spiro atoms. The summed E-state index contributed by atoms with van der Waals surface area (Å²) in [5, 5.41) is 6.53. The molecular weight excluding hydrogens is 388 g/mol. The zero-order chi connectivity index (χ0) is 22.2. The molecule has 0 fully saturated rings. The number of rotatable bonds is 5. The normalized spacial score (nSPS) is 16.1. The lowest BCUT2D eigenvalue weighted by atomic mass is 10.0. The highest BCUT2D eigenvalue weighted by Gasteiger charge is 2.31. The maximum atomic E-state index is 5.39. The molecule has 2 heteroatoms. The van der Waals surface area contributed by atoms with Crippen LogP contribution in [-0.2, 0) is 12.8 Å². The zero-order valence-corrected chi connectivity index (χ0v) is 19.4. The molecule has 2 nitrogen and oxygen atoms in total. The van der Waals surface area contributed by atoms with Crippen molar-refractivity contribution in [3.63, 3.8) is 0 Å². The number of anilines is 1. The van der Waals surface area contributed by atoms with Gasteiger partial charge in [-0.25, -0.2) is 4.99 Å². The first-order chi connectivity index (χ1) is 15.6. The van der Waals surface area contributed by atoms with Crippen molar-refractivity contribution < 1.29 is 0 Å². The molecule has 0 heterocycles. The Kier molecular flexibility index (Phi) is 5.30. The lowest BCUT2D eigenvalue weighted by Crippen LogP contribution is -2.19. The predicted octanol–water partition coefficient (Wildman–Crippen LogP) is 7.87. The number of aryl methyl sites for hydroxylation is 4. The number of nitrogens with one attached hydrogen (secondary N) is 1. The molecule has 0 aromatic heterocycles. The topological polar surface area (TPSA) is 24.4 Å². The summed E-state index contributed by atoms with van der Waals surface area (Å²) in [7, 11) is 0. The van der Waals surface area contributed by atoms with Crippen LogP contribution >= 0.6 is 0 Å². The summed E-state index contributed by atoms with van der Waals surface area (Å²) < 4.78 is 0. The van der Waals surface area contributed by atoms with Gasteiger partial charge in [0.1, 0.15) is 0 Å². The predicted molar refractivity (Wildman–Crippen MR) is 138 cm³/mol. The Hall–Kier alpha value is -3.39. The van der Waals surface area contributed by atoms with Crippen molar-refractivity contribution in [3.8, 4) is 0 Å². The summed E-state index contributed by atoms with van der Waals surface area (Å²) in [6, 6.07) is 26.3. The Labute approximate surface area is 191 Å². The van der Waals surface area contributed by atoms with E-state index in [0.29, 0.717) is 0 Å². The van der Waals surface area contributed by atoms with Crippen molar-refractivity contribution in [2.24, 2.45) is 4.99 Å². The van der Waals surface area contributed by atoms with Gasteiger partial charge in [0.2, 0.25) is 0 Å². The highest BCUT2D eigenvalue weighted by atomic mass is 15.0. The standard InChI is InChI=1S/C30H30N2/c1-5-21-13-7-11-19(3)27(21)31-29-24-17-9-15-23-16-10-18-25(26(23)24)30(29)32-28-20(4)12-8-14-22(28)6-2/h7-18,29,31H,5-6H2,1-4H3/b32-30+. The molecule has 0 saturated heterocycles. The van der Waals surface area contributed by atoms with Crippen molar-refractivity contribution >= 4 is 27.9 Å². The molecule has 32 heavy (non-hydrogen) atoms. The highest BCUT2D eigenvalue weighted by Crippen LogP contribution is 2.42. The van der Waals surface area contributed by atoms with Crippen molar-refractivity contribution in [3.05, 3.63) is 106 Å². The van der Waals surface area contributed by atoms with Crippen LogP contribution in [0.4, 0.5) is 11.4 Å². The molecule has 0 aliphatic heterocycles. The van der Waals surface area contributed by atoms with E-state index in [-0.39, 0.29) is 6.04 Å². The van der Waals surface area contributed by atoms with E-state index in [1.165, 1.54) is 49.8 Å². The quantitative estimate of drug-likeness (QED) is 0.350. The molecule has 0 radical (unpaired) electrons. The molecule has 1 aliphatic carbocycles. The molecule has 5 rings (SSSR count). The second kappa shape index (κ2) is 8.27. The van der Waals surface area contributed by atoms with Crippen LogP contribution in [0, 0.1) is 13.8 Å². The molecular formula is C30H30N2. The lowest BCUT2D eigenvalue weighted by Gasteiger charge is -2.22. The number of benzene rings is 4. The van der Waals surface area contributed by atoms with Crippen LogP contribution in [0.5, 0.6) is 0 Å². The minimum Gasteiger partial charge on any atom is -0.372 e. The van der Waals surface area contributed by atoms with Crippen LogP contribution in [0.1, 0.15) is 53.3 Å². The molecule has 0 saturated carbocycles. The van der Waals surface area contributed by atoms with Crippen molar-refractivity contribution in [1.29, 1.82) is 0 Å². The Morgan fingerprint density at radius 3 is 2.16 bits per heavy atom. The third-order valence-electron chi connectivity index (χ3n) is 6.76. The van der Waals surface area contributed by atoms with Crippen LogP contribution < -0.4 is 5.32 Å². The van der Waals surface area contributed by atoms with Gasteiger partial charge in [-0.1, -0.05) is 86.6 Å². The first-order valence-electron chi connectivity index (χ1n) is 11.7. The average Bonchev–Trinajstić information content (AvgIpc) is 3.11. The largest absolute Gasteiger partial charge is 0.372 e. The summed E-state index contributed by atoms with van der Waals surface area (Å²) in [5.74, 6) is 0. The highest BCUT2D eigenvalue weighted by molar-refractivity contribution is 6.22. The van der Waals surface area contributed by atoms with E-state index in [2.05, 4.69) is 106 Å². The van der Waals surface area contributed by atoms with Gasteiger partial charge >= 0.3 is 0 Å². The summed E-state index contributed by atoms with van der Waals surface area (Å²) in [6.07, 6.45) is 1.97. The number of hydrogen-bond donors (Lipinski definition) is 1. The average molecular weight is 419 g/mol. The van der Waals surface area contributed by atoms with Gasteiger partial charge in [0.15, 0.2) is 0 Å². The van der Waals surface area contributed by atoms with Crippen LogP contribution in [0.15, 0.2) is 77.8 Å². The van der Waals surface area contributed by atoms with Crippen LogP contribution in [0.25, 0.3) is 10.8 Å². The summed E-state index contributed by atoms with van der Waals surface area (Å²) >= 11 is 0. The first kappa shape index (κ1) is 20.5.